The maximum absolute atomic E-state index is 13.1. The van der Waals surface area contributed by atoms with E-state index in [0.29, 0.717) is 11.1 Å². The Morgan fingerprint density at radius 1 is 0.786 bits per heavy atom. The number of benzene rings is 2. The lowest BCUT2D eigenvalue weighted by atomic mass is 10.0. The van der Waals surface area contributed by atoms with Crippen LogP contribution >= 0.6 is 0 Å². The number of sulfonamides is 1. The molecule has 28 heavy (non-hydrogen) atoms. The summed E-state index contributed by atoms with van der Waals surface area (Å²) >= 11 is 0. The molecule has 7 nitrogen and oxygen atoms in total. The number of rotatable bonds is 5. The summed E-state index contributed by atoms with van der Waals surface area (Å²) in [5.41, 5.74) is 3.07. The lowest BCUT2D eigenvalue weighted by Crippen LogP contribution is -2.18. The Morgan fingerprint density at radius 2 is 1.21 bits per heavy atom. The number of hydrogen-bond acceptors (Lipinski definition) is 6. The lowest BCUT2D eigenvalue weighted by molar-refractivity contribution is 0.0599. The topological polar surface area (TPSA) is 98.8 Å². The van der Waals surface area contributed by atoms with Gasteiger partial charge in [0.25, 0.3) is 10.0 Å². The first-order chi connectivity index (χ1) is 13.0. The monoisotopic (exact) mass is 405 g/mol. The van der Waals surface area contributed by atoms with Crippen LogP contribution in [-0.4, -0.2) is 34.6 Å². The van der Waals surface area contributed by atoms with Gasteiger partial charge in [-0.05, 0) is 68.1 Å². The van der Waals surface area contributed by atoms with Gasteiger partial charge in [-0.25, -0.2) is 18.0 Å². The molecule has 150 valence electrons. The van der Waals surface area contributed by atoms with Crippen LogP contribution in [0, 0.1) is 27.7 Å². The van der Waals surface area contributed by atoms with E-state index in [1.165, 1.54) is 32.4 Å². The molecule has 0 aliphatic heterocycles. The number of ether oxygens (including phenoxy) is 2. The molecular formula is C20H23NO6S. The predicted molar refractivity (Wildman–Crippen MR) is 105 cm³/mol. The number of carbonyl (C=O) groups is 2. The van der Waals surface area contributed by atoms with Crippen LogP contribution in [0.25, 0.3) is 0 Å². The zero-order chi connectivity index (χ0) is 21.2. The molecule has 0 spiro atoms. The maximum Gasteiger partial charge on any atom is 0.337 e. The molecule has 0 saturated heterocycles. The van der Waals surface area contributed by atoms with Gasteiger partial charge in [0.1, 0.15) is 0 Å². The number of carbonyl (C=O) groups excluding carboxylic acids is 2. The summed E-state index contributed by atoms with van der Waals surface area (Å²) in [6, 6.07) is 5.83. The van der Waals surface area contributed by atoms with Crippen LogP contribution in [0.1, 0.15) is 43.0 Å². The third kappa shape index (κ3) is 4.17. The van der Waals surface area contributed by atoms with Gasteiger partial charge in [0.15, 0.2) is 0 Å². The zero-order valence-corrected chi connectivity index (χ0v) is 17.5. The summed E-state index contributed by atoms with van der Waals surface area (Å²) in [4.78, 5) is 24.0. The highest BCUT2D eigenvalue weighted by Crippen LogP contribution is 2.28. The Labute approximate surface area is 164 Å². The highest BCUT2D eigenvalue weighted by molar-refractivity contribution is 7.92. The number of esters is 2. The van der Waals surface area contributed by atoms with E-state index in [2.05, 4.69) is 14.2 Å². The highest BCUT2D eigenvalue weighted by atomic mass is 32.2. The fraction of sp³-hybridized carbons (Fsp3) is 0.300. The van der Waals surface area contributed by atoms with E-state index in [4.69, 9.17) is 0 Å². The molecule has 0 saturated carbocycles. The van der Waals surface area contributed by atoms with Crippen molar-refractivity contribution >= 4 is 27.6 Å². The Hall–Kier alpha value is -2.87. The van der Waals surface area contributed by atoms with Gasteiger partial charge in [0, 0.05) is 0 Å². The van der Waals surface area contributed by atoms with Crippen molar-refractivity contribution in [2.75, 3.05) is 18.9 Å². The number of aryl methyl sites for hydroxylation is 2. The second-order valence-electron chi connectivity index (χ2n) is 6.48. The standard InChI is InChI=1S/C20H23NO6S/c1-11-7-12(2)14(4)18(13(11)3)28(24,25)21-17-9-15(19(22)26-5)8-16(10-17)20(23)27-6/h7-10,21H,1-6H3. The average Bonchev–Trinajstić information content (AvgIpc) is 2.64. The molecule has 0 aliphatic rings. The molecule has 0 atom stereocenters. The molecule has 8 heteroatoms. The summed E-state index contributed by atoms with van der Waals surface area (Å²) in [6.45, 7) is 7.16. The zero-order valence-electron chi connectivity index (χ0n) is 16.7. The molecule has 0 bridgehead atoms. The quantitative estimate of drug-likeness (QED) is 0.767. The summed E-state index contributed by atoms with van der Waals surface area (Å²) in [5.74, 6) is -1.41. The number of methoxy groups -OCH3 is 2. The van der Waals surface area contributed by atoms with E-state index in [9.17, 15) is 18.0 Å². The van der Waals surface area contributed by atoms with E-state index in [1.807, 2.05) is 19.9 Å². The third-order valence-electron chi connectivity index (χ3n) is 4.59. The first-order valence-corrected chi connectivity index (χ1v) is 9.92. The Bertz CT molecular complexity index is 996. The van der Waals surface area contributed by atoms with Crippen LogP contribution in [0.5, 0.6) is 0 Å². The predicted octanol–water partition coefficient (Wildman–Crippen LogP) is 3.29. The second kappa shape index (κ2) is 8.02. The molecule has 0 aromatic heterocycles. The summed E-state index contributed by atoms with van der Waals surface area (Å²) in [6.07, 6.45) is 0. The maximum atomic E-state index is 13.1. The van der Waals surface area contributed by atoms with Crippen molar-refractivity contribution in [3.63, 3.8) is 0 Å². The van der Waals surface area contributed by atoms with Crippen molar-refractivity contribution in [2.45, 2.75) is 32.6 Å². The third-order valence-corrected chi connectivity index (χ3v) is 6.25. The smallest absolute Gasteiger partial charge is 0.337 e. The number of hydrogen-bond donors (Lipinski definition) is 1. The molecule has 0 amide bonds. The van der Waals surface area contributed by atoms with E-state index >= 15 is 0 Å². The number of anilines is 1. The molecule has 2 aromatic rings. The van der Waals surface area contributed by atoms with Gasteiger partial charge in [0.05, 0.1) is 35.9 Å². The van der Waals surface area contributed by atoms with Crippen LogP contribution in [-0.2, 0) is 19.5 Å². The largest absolute Gasteiger partial charge is 0.465 e. The van der Waals surface area contributed by atoms with Crippen LogP contribution in [0.3, 0.4) is 0 Å². The van der Waals surface area contributed by atoms with Crippen molar-refractivity contribution in [2.24, 2.45) is 0 Å². The minimum absolute atomic E-state index is 0.0250. The van der Waals surface area contributed by atoms with Crippen molar-refractivity contribution < 1.29 is 27.5 Å². The average molecular weight is 405 g/mol. The van der Waals surface area contributed by atoms with Crippen LogP contribution in [0.4, 0.5) is 5.69 Å². The van der Waals surface area contributed by atoms with Gasteiger partial charge in [-0.2, -0.15) is 0 Å². The van der Waals surface area contributed by atoms with E-state index < -0.39 is 22.0 Å². The second-order valence-corrected chi connectivity index (χ2v) is 8.10. The van der Waals surface area contributed by atoms with Crippen molar-refractivity contribution in [3.8, 4) is 0 Å². The Balaban J connectivity index is 2.61. The van der Waals surface area contributed by atoms with Crippen molar-refractivity contribution in [1.82, 2.24) is 0 Å². The van der Waals surface area contributed by atoms with Crippen LogP contribution in [0.2, 0.25) is 0 Å². The highest BCUT2D eigenvalue weighted by Gasteiger charge is 2.23. The van der Waals surface area contributed by atoms with E-state index in [1.54, 1.807) is 13.8 Å². The Morgan fingerprint density at radius 3 is 1.61 bits per heavy atom. The Kier molecular flexibility index (Phi) is 6.14. The fourth-order valence-electron chi connectivity index (χ4n) is 2.95. The van der Waals surface area contributed by atoms with Gasteiger partial charge >= 0.3 is 11.9 Å². The minimum Gasteiger partial charge on any atom is -0.465 e. The lowest BCUT2D eigenvalue weighted by Gasteiger charge is -2.17. The minimum atomic E-state index is -3.97. The van der Waals surface area contributed by atoms with Gasteiger partial charge in [-0.15, -0.1) is 0 Å². The van der Waals surface area contributed by atoms with Crippen molar-refractivity contribution in [1.29, 1.82) is 0 Å². The summed E-state index contributed by atoms with van der Waals surface area (Å²) in [7, 11) is -1.58. The first kappa shape index (κ1) is 21.4. The summed E-state index contributed by atoms with van der Waals surface area (Å²) in [5, 5.41) is 0. The molecule has 0 radical (unpaired) electrons. The normalized spacial score (nSPS) is 11.1. The van der Waals surface area contributed by atoms with E-state index in [-0.39, 0.29) is 21.7 Å². The molecule has 0 heterocycles. The molecule has 2 rings (SSSR count). The molecule has 0 aliphatic carbocycles. The van der Waals surface area contributed by atoms with Crippen LogP contribution in [0.15, 0.2) is 29.2 Å². The molecule has 0 fully saturated rings. The first-order valence-electron chi connectivity index (χ1n) is 8.43. The van der Waals surface area contributed by atoms with Gasteiger partial charge in [0.2, 0.25) is 0 Å². The van der Waals surface area contributed by atoms with Gasteiger partial charge < -0.3 is 9.47 Å². The van der Waals surface area contributed by atoms with Crippen LogP contribution < -0.4 is 4.72 Å². The fourth-order valence-corrected chi connectivity index (χ4v) is 4.61. The van der Waals surface area contributed by atoms with Gasteiger partial charge in [-0.3, -0.25) is 4.72 Å². The molecule has 0 unspecified atom stereocenters. The van der Waals surface area contributed by atoms with Crippen molar-refractivity contribution in [3.05, 3.63) is 57.6 Å². The molecule has 1 N–H and O–H groups in total. The molecule has 2 aromatic carbocycles. The summed E-state index contributed by atoms with van der Waals surface area (Å²) < 4.78 is 38.0. The number of nitrogens with one attached hydrogen (secondary N) is 1. The molecular weight excluding hydrogens is 382 g/mol. The van der Waals surface area contributed by atoms with E-state index in [0.717, 1.165) is 11.1 Å². The van der Waals surface area contributed by atoms with Gasteiger partial charge in [-0.1, -0.05) is 6.07 Å². The SMILES string of the molecule is COC(=O)c1cc(NS(=O)(=O)c2c(C)c(C)cc(C)c2C)cc(C(=O)OC)c1.